The number of likely N-dealkylation sites (tertiary alicyclic amines) is 1. The molecule has 0 saturated carbocycles. The molecule has 2 N–H and O–H groups in total. The minimum Gasteiger partial charge on any atom is -0.373 e. The smallest absolute Gasteiger partial charge is 0.254 e. The van der Waals surface area contributed by atoms with Crippen molar-refractivity contribution in [3.63, 3.8) is 0 Å². The maximum atomic E-state index is 13.0. The predicted molar refractivity (Wildman–Crippen MR) is 98.3 cm³/mol. The van der Waals surface area contributed by atoms with Gasteiger partial charge in [0.1, 0.15) is 0 Å². The summed E-state index contributed by atoms with van der Waals surface area (Å²) in [5, 5.41) is 0. The number of amides is 1. The van der Waals surface area contributed by atoms with Gasteiger partial charge in [-0.15, -0.1) is 0 Å². The minimum atomic E-state index is -3.67. The molecular weight excluding hydrogens is 354 g/mol. The number of morpholine rings is 1. The molecule has 2 heterocycles. The Labute approximate surface area is 155 Å². The fourth-order valence-corrected chi connectivity index (χ4v) is 5.42. The molecule has 144 valence electrons. The maximum absolute atomic E-state index is 13.0. The summed E-state index contributed by atoms with van der Waals surface area (Å²) in [7, 11) is -3.67. The summed E-state index contributed by atoms with van der Waals surface area (Å²) in [5.41, 5.74) is 6.14. The Hall–Kier alpha value is -1.48. The van der Waals surface area contributed by atoms with Crippen LogP contribution in [0.15, 0.2) is 29.2 Å². The van der Waals surface area contributed by atoms with Gasteiger partial charge in [0.05, 0.1) is 17.1 Å². The van der Waals surface area contributed by atoms with Crippen molar-refractivity contribution < 1.29 is 17.9 Å². The van der Waals surface area contributed by atoms with Crippen molar-refractivity contribution >= 4 is 15.9 Å². The number of hydrogen-bond acceptors (Lipinski definition) is 5. The summed E-state index contributed by atoms with van der Waals surface area (Å²) in [4.78, 5) is 14.7. The van der Waals surface area contributed by atoms with Gasteiger partial charge in [-0.2, -0.15) is 4.31 Å². The summed E-state index contributed by atoms with van der Waals surface area (Å²) in [6, 6.07) is 6.35. The summed E-state index contributed by atoms with van der Waals surface area (Å²) in [6.45, 7) is 5.43. The van der Waals surface area contributed by atoms with Crippen LogP contribution in [0.3, 0.4) is 0 Å². The van der Waals surface area contributed by atoms with E-state index >= 15 is 0 Å². The van der Waals surface area contributed by atoms with Crippen molar-refractivity contribution in [2.24, 2.45) is 5.73 Å². The quantitative estimate of drug-likeness (QED) is 0.841. The Kier molecular flexibility index (Phi) is 5.67. The Morgan fingerprint density at radius 2 is 1.96 bits per heavy atom. The minimum absolute atomic E-state index is 0.0312. The number of ether oxygens (including phenoxy) is 1. The monoisotopic (exact) mass is 381 g/mol. The van der Waals surface area contributed by atoms with E-state index in [1.54, 1.807) is 23.1 Å². The second-order valence-corrected chi connectivity index (χ2v) is 9.08. The van der Waals surface area contributed by atoms with Crippen LogP contribution in [0.5, 0.6) is 0 Å². The molecule has 2 aliphatic rings. The third kappa shape index (κ3) is 3.78. The van der Waals surface area contributed by atoms with Crippen LogP contribution in [0.2, 0.25) is 0 Å². The number of nitrogens with zero attached hydrogens (tertiary/aromatic N) is 2. The summed E-state index contributed by atoms with van der Waals surface area (Å²) in [5.74, 6) is -0.154. The average molecular weight is 381 g/mol. The average Bonchev–Trinajstić information content (AvgIpc) is 3.09. The van der Waals surface area contributed by atoms with E-state index in [0.29, 0.717) is 31.7 Å². The normalized spacial score (nSPS) is 27.7. The molecule has 3 unspecified atom stereocenters. The Balaban J connectivity index is 1.85. The lowest BCUT2D eigenvalue weighted by Gasteiger charge is -2.34. The number of sulfonamides is 1. The molecule has 0 bridgehead atoms. The molecule has 0 radical (unpaired) electrons. The Morgan fingerprint density at radius 1 is 1.27 bits per heavy atom. The zero-order valence-electron chi connectivity index (χ0n) is 15.3. The van der Waals surface area contributed by atoms with Gasteiger partial charge < -0.3 is 15.4 Å². The number of hydrogen-bond donors (Lipinski definition) is 1. The van der Waals surface area contributed by atoms with E-state index in [4.69, 9.17) is 10.5 Å². The third-order valence-electron chi connectivity index (χ3n) is 5.01. The summed E-state index contributed by atoms with van der Waals surface area (Å²) < 4.78 is 33.1. The summed E-state index contributed by atoms with van der Waals surface area (Å²) in [6.07, 6.45) is 1.50. The fourth-order valence-electron chi connectivity index (χ4n) is 3.78. The van der Waals surface area contributed by atoms with Crippen molar-refractivity contribution in [3.8, 4) is 0 Å². The van der Waals surface area contributed by atoms with Gasteiger partial charge in [-0.25, -0.2) is 8.42 Å². The Morgan fingerprint density at radius 3 is 2.62 bits per heavy atom. The largest absolute Gasteiger partial charge is 0.373 e. The van der Waals surface area contributed by atoms with Crippen LogP contribution in [0.25, 0.3) is 0 Å². The lowest BCUT2D eigenvalue weighted by atomic mass is 10.1. The maximum Gasteiger partial charge on any atom is 0.254 e. The van der Waals surface area contributed by atoms with E-state index in [-0.39, 0.29) is 29.1 Å². The highest BCUT2D eigenvalue weighted by atomic mass is 32.2. The molecule has 0 aliphatic carbocycles. The second-order valence-electron chi connectivity index (χ2n) is 7.14. The van der Waals surface area contributed by atoms with E-state index < -0.39 is 10.0 Å². The van der Waals surface area contributed by atoms with E-state index in [9.17, 15) is 13.2 Å². The Bertz CT molecular complexity index is 757. The summed E-state index contributed by atoms with van der Waals surface area (Å²) >= 11 is 0. The highest BCUT2D eigenvalue weighted by Crippen LogP contribution is 2.24. The van der Waals surface area contributed by atoms with Gasteiger partial charge in [-0.3, -0.25) is 4.79 Å². The first-order valence-electron chi connectivity index (χ1n) is 9.09. The standard InChI is InChI=1S/C18H27N3O4S/c1-13-11-20(12-14(2)25-13)26(23,24)17-7-3-5-15(9-17)18(22)21-8-4-6-16(21)10-19/h3,5,7,9,13-14,16H,4,6,8,10-12,19H2,1-2H3. The van der Waals surface area contributed by atoms with E-state index in [1.807, 2.05) is 13.8 Å². The van der Waals surface area contributed by atoms with Crippen molar-refractivity contribution in [3.05, 3.63) is 29.8 Å². The van der Waals surface area contributed by atoms with Gasteiger partial charge >= 0.3 is 0 Å². The molecule has 3 atom stereocenters. The first-order valence-corrected chi connectivity index (χ1v) is 10.5. The fraction of sp³-hybridized carbons (Fsp3) is 0.611. The molecular formula is C18H27N3O4S. The van der Waals surface area contributed by atoms with Crippen LogP contribution in [0.1, 0.15) is 37.0 Å². The molecule has 2 saturated heterocycles. The van der Waals surface area contributed by atoms with Gasteiger partial charge in [0.25, 0.3) is 5.91 Å². The van der Waals surface area contributed by atoms with Crippen LogP contribution in [0, 0.1) is 0 Å². The molecule has 1 aromatic carbocycles. The topological polar surface area (TPSA) is 92.9 Å². The van der Waals surface area contributed by atoms with E-state index in [0.717, 1.165) is 12.8 Å². The molecule has 0 aromatic heterocycles. The lowest BCUT2D eigenvalue weighted by Crippen LogP contribution is -2.48. The number of rotatable bonds is 4. The number of carbonyl (C=O) groups excluding carboxylic acids is 1. The van der Waals surface area contributed by atoms with Gasteiger partial charge in [0.15, 0.2) is 0 Å². The van der Waals surface area contributed by atoms with Crippen molar-refractivity contribution in [1.29, 1.82) is 0 Å². The first kappa shape index (κ1) is 19.3. The zero-order valence-corrected chi connectivity index (χ0v) is 16.1. The number of nitrogens with two attached hydrogens (primary N) is 1. The number of carbonyl (C=O) groups is 1. The predicted octanol–water partition coefficient (Wildman–Crippen LogP) is 1.05. The molecule has 7 nitrogen and oxygen atoms in total. The highest BCUT2D eigenvalue weighted by molar-refractivity contribution is 7.89. The molecule has 8 heteroatoms. The van der Waals surface area contributed by atoms with Gasteiger partial charge in [0, 0.05) is 37.8 Å². The van der Waals surface area contributed by atoms with E-state index in [2.05, 4.69) is 0 Å². The lowest BCUT2D eigenvalue weighted by molar-refractivity contribution is -0.0440. The highest BCUT2D eigenvalue weighted by Gasteiger charge is 2.33. The molecule has 1 aromatic rings. The van der Waals surface area contributed by atoms with Crippen LogP contribution >= 0.6 is 0 Å². The molecule has 26 heavy (non-hydrogen) atoms. The first-order chi connectivity index (χ1) is 12.3. The third-order valence-corrected chi connectivity index (χ3v) is 6.84. The molecule has 3 rings (SSSR count). The van der Waals surface area contributed by atoms with Crippen molar-refractivity contribution in [1.82, 2.24) is 9.21 Å². The number of benzene rings is 1. The second kappa shape index (κ2) is 7.64. The molecule has 0 spiro atoms. The van der Waals surface area contributed by atoms with E-state index in [1.165, 1.54) is 10.4 Å². The van der Waals surface area contributed by atoms with Crippen LogP contribution in [-0.2, 0) is 14.8 Å². The van der Waals surface area contributed by atoms with Gasteiger partial charge in [-0.1, -0.05) is 6.07 Å². The van der Waals surface area contributed by atoms with Crippen LogP contribution in [0.4, 0.5) is 0 Å². The molecule has 2 fully saturated rings. The SMILES string of the molecule is CC1CN(S(=O)(=O)c2cccc(C(=O)N3CCCC3CN)c2)CC(C)O1. The molecule has 2 aliphatic heterocycles. The van der Waals surface area contributed by atoms with Gasteiger partial charge in [0.2, 0.25) is 10.0 Å². The van der Waals surface area contributed by atoms with Crippen molar-refractivity contribution in [2.75, 3.05) is 26.2 Å². The van der Waals surface area contributed by atoms with Crippen LogP contribution in [-0.4, -0.2) is 68.0 Å². The van der Waals surface area contributed by atoms with Gasteiger partial charge in [-0.05, 0) is 44.9 Å². The molecule has 1 amide bonds. The van der Waals surface area contributed by atoms with Crippen molar-refractivity contribution in [2.45, 2.75) is 49.8 Å². The zero-order chi connectivity index (χ0) is 18.9. The van der Waals surface area contributed by atoms with Crippen LogP contribution < -0.4 is 5.73 Å².